The van der Waals surface area contributed by atoms with Crippen molar-refractivity contribution in [2.24, 2.45) is 5.73 Å². The number of carbonyl (C=O) groups excluding carboxylic acids is 2. The lowest BCUT2D eigenvalue weighted by Crippen LogP contribution is -2.51. The van der Waals surface area contributed by atoms with E-state index in [1.165, 1.54) is 0 Å². The predicted octanol–water partition coefficient (Wildman–Crippen LogP) is 4.86. The zero-order valence-electron chi connectivity index (χ0n) is 20.1. The molecule has 0 radical (unpaired) electrons. The van der Waals surface area contributed by atoms with E-state index < -0.39 is 17.5 Å². The standard InChI is InChI=1S/C28H27F2N3O4/c29-20-11-19(12-21(30)14-20)28(35)33(24-7-2-1-6-23(24)31)15-17-4-3-5-22(10-17)32-27(34)18-8-9-25-26(13-18)37-16-36-25/h3-5,8-14,23-24H,1-2,6-7,15-16,31H2,(H,32,34). The number of ether oxygens (including phenoxy) is 2. The summed E-state index contributed by atoms with van der Waals surface area (Å²) in [6, 6.07) is 14.3. The van der Waals surface area contributed by atoms with Gasteiger partial charge >= 0.3 is 0 Å². The number of rotatable bonds is 6. The second-order valence-corrected chi connectivity index (χ2v) is 9.33. The number of carbonyl (C=O) groups is 2. The van der Waals surface area contributed by atoms with Gasteiger partial charge in [-0.3, -0.25) is 9.59 Å². The van der Waals surface area contributed by atoms with E-state index in [9.17, 15) is 18.4 Å². The fourth-order valence-electron chi connectivity index (χ4n) is 4.89. The summed E-state index contributed by atoms with van der Waals surface area (Å²) in [4.78, 5) is 27.9. The average molecular weight is 508 g/mol. The molecule has 1 heterocycles. The highest BCUT2D eigenvalue weighted by Gasteiger charge is 2.32. The number of halogens is 2. The van der Waals surface area contributed by atoms with E-state index in [1.807, 2.05) is 6.07 Å². The summed E-state index contributed by atoms with van der Waals surface area (Å²) in [7, 11) is 0. The summed E-state index contributed by atoms with van der Waals surface area (Å²) in [6.07, 6.45) is 3.34. The normalized spacial score (nSPS) is 18.4. The van der Waals surface area contributed by atoms with Crippen LogP contribution in [-0.2, 0) is 6.54 Å². The Morgan fingerprint density at radius 2 is 1.68 bits per heavy atom. The van der Waals surface area contributed by atoms with Crippen LogP contribution in [0.1, 0.15) is 52.0 Å². The van der Waals surface area contributed by atoms with Gasteiger partial charge in [-0.05, 0) is 60.9 Å². The Kier molecular flexibility index (Phi) is 7.05. The van der Waals surface area contributed by atoms with Crippen molar-refractivity contribution in [1.29, 1.82) is 0 Å². The van der Waals surface area contributed by atoms with Gasteiger partial charge in [-0.2, -0.15) is 0 Å². The molecule has 192 valence electrons. The highest BCUT2D eigenvalue weighted by Crippen LogP contribution is 2.33. The van der Waals surface area contributed by atoms with Crippen molar-refractivity contribution in [3.8, 4) is 11.5 Å². The van der Waals surface area contributed by atoms with Crippen LogP contribution in [0.25, 0.3) is 0 Å². The number of hydrogen-bond donors (Lipinski definition) is 2. The van der Waals surface area contributed by atoms with Gasteiger partial charge in [0, 0.05) is 41.5 Å². The summed E-state index contributed by atoms with van der Waals surface area (Å²) in [5.41, 5.74) is 8.01. The quantitative estimate of drug-likeness (QED) is 0.497. The van der Waals surface area contributed by atoms with Crippen LogP contribution in [0.15, 0.2) is 60.7 Å². The molecule has 0 spiro atoms. The fourth-order valence-corrected chi connectivity index (χ4v) is 4.89. The number of nitrogens with one attached hydrogen (secondary N) is 1. The van der Waals surface area contributed by atoms with E-state index in [2.05, 4.69) is 5.32 Å². The Morgan fingerprint density at radius 1 is 0.919 bits per heavy atom. The van der Waals surface area contributed by atoms with E-state index in [0.29, 0.717) is 29.2 Å². The van der Waals surface area contributed by atoms with Crippen molar-refractivity contribution in [2.75, 3.05) is 12.1 Å². The maximum atomic E-state index is 13.9. The molecule has 1 fully saturated rings. The number of fused-ring (bicyclic) bond motifs is 1. The molecule has 3 aromatic carbocycles. The molecule has 2 aliphatic rings. The number of anilines is 1. The van der Waals surface area contributed by atoms with Crippen LogP contribution < -0.4 is 20.5 Å². The first-order valence-electron chi connectivity index (χ1n) is 12.2. The predicted molar refractivity (Wildman–Crippen MR) is 133 cm³/mol. The SMILES string of the molecule is NC1CCCCC1N(Cc1cccc(NC(=O)c2ccc3c(c2)OCO3)c1)C(=O)c1cc(F)cc(F)c1. The van der Waals surface area contributed by atoms with Crippen molar-refractivity contribution in [3.05, 3.63) is 89.0 Å². The Bertz CT molecular complexity index is 1310. The second kappa shape index (κ2) is 10.6. The Hall–Kier alpha value is -3.98. The molecule has 2 atom stereocenters. The zero-order chi connectivity index (χ0) is 25.9. The summed E-state index contributed by atoms with van der Waals surface area (Å²) in [6.45, 7) is 0.285. The number of benzene rings is 3. The lowest BCUT2D eigenvalue weighted by Gasteiger charge is -2.38. The number of nitrogens with zero attached hydrogens (tertiary/aromatic N) is 1. The molecule has 37 heavy (non-hydrogen) atoms. The molecule has 2 amide bonds. The second-order valence-electron chi connectivity index (χ2n) is 9.33. The molecule has 0 aromatic heterocycles. The molecular formula is C28H27F2N3O4. The molecule has 3 N–H and O–H groups in total. The van der Waals surface area contributed by atoms with E-state index in [0.717, 1.165) is 43.0 Å². The number of amides is 2. The summed E-state index contributed by atoms with van der Waals surface area (Å²) in [5, 5.41) is 2.86. The van der Waals surface area contributed by atoms with E-state index in [1.54, 1.807) is 41.3 Å². The van der Waals surface area contributed by atoms with E-state index >= 15 is 0 Å². The minimum absolute atomic E-state index is 0.0671. The first kappa shape index (κ1) is 24.7. The first-order chi connectivity index (χ1) is 17.9. The van der Waals surface area contributed by atoms with Gasteiger partial charge in [-0.25, -0.2) is 8.78 Å². The third-order valence-electron chi connectivity index (χ3n) is 6.72. The van der Waals surface area contributed by atoms with Gasteiger partial charge in [0.25, 0.3) is 11.8 Å². The largest absolute Gasteiger partial charge is 0.454 e. The maximum Gasteiger partial charge on any atom is 0.255 e. The molecule has 1 aliphatic heterocycles. The van der Waals surface area contributed by atoms with Crippen LogP contribution in [-0.4, -0.2) is 35.6 Å². The van der Waals surface area contributed by atoms with Gasteiger partial charge in [-0.1, -0.05) is 25.0 Å². The molecule has 0 bridgehead atoms. The smallest absolute Gasteiger partial charge is 0.255 e. The van der Waals surface area contributed by atoms with Gasteiger partial charge in [0.15, 0.2) is 11.5 Å². The Labute approximate surface area is 213 Å². The third-order valence-corrected chi connectivity index (χ3v) is 6.72. The maximum absolute atomic E-state index is 13.9. The molecule has 5 rings (SSSR count). The Morgan fingerprint density at radius 3 is 2.46 bits per heavy atom. The monoisotopic (exact) mass is 507 g/mol. The van der Waals surface area contributed by atoms with Crippen molar-refractivity contribution >= 4 is 17.5 Å². The van der Waals surface area contributed by atoms with Gasteiger partial charge < -0.3 is 25.4 Å². The summed E-state index contributed by atoms with van der Waals surface area (Å²) < 4.78 is 38.4. The molecule has 2 unspecified atom stereocenters. The van der Waals surface area contributed by atoms with E-state index in [-0.39, 0.29) is 36.9 Å². The minimum Gasteiger partial charge on any atom is -0.454 e. The number of hydrogen-bond acceptors (Lipinski definition) is 5. The molecule has 3 aromatic rings. The summed E-state index contributed by atoms with van der Waals surface area (Å²) in [5.74, 6) is -1.35. The lowest BCUT2D eigenvalue weighted by molar-refractivity contribution is 0.0582. The third kappa shape index (κ3) is 5.56. The highest BCUT2D eigenvalue weighted by molar-refractivity contribution is 6.04. The molecule has 7 nitrogen and oxygen atoms in total. The van der Waals surface area contributed by atoms with Crippen LogP contribution in [0.5, 0.6) is 11.5 Å². The molecule has 0 saturated heterocycles. The van der Waals surface area contributed by atoms with Gasteiger partial charge in [0.1, 0.15) is 11.6 Å². The minimum atomic E-state index is -0.815. The van der Waals surface area contributed by atoms with Crippen molar-refractivity contribution < 1.29 is 27.8 Å². The van der Waals surface area contributed by atoms with Gasteiger partial charge in [0.05, 0.1) is 0 Å². The number of nitrogens with two attached hydrogens (primary N) is 1. The average Bonchev–Trinajstić information content (AvgIpc) is 3.35. The summed E-state index contributed by atoms with van der Waals surface area (Å²) >= 11 is 0. The van der Waals surface area contributed by atoms with Crippen molar-refractivity contribution in [3.63, 3.8) is 0 Å². The van der Waals surface area contributed by atoms with Crippen LogP contribution in [0, 0.1) is 11.6 Å². The van der Waals surface area contributed by atoms with Crippen molar-refractivity contribution in [1.82, 2.24) is 4.90 Å². The lowest BCUT2D eigenvalue weighted by atomic mass is 9.89. The molecular weight excluding hydrogens is 480 g/mol. The Balaban J connectivity index is 1.37. The van der Waals surface area contributed by atoms with E-state index in [4.69, 9.17) is 15.2 Å². The highest BCUT2D eigenvalue weighted by atomic mass is 19.1. The van der Waals surface area contributed by atoms with Gasteiger partial charge in [-0.15, -0.1) is 0 Å². The topological polar surface area (TPSA) is 93.9 Å². The van der Waals surface area contributed by atoms with Crippen LogP contribution in [0.3, 0.4) is 0 Å². The fraction of sp³-hybridized carbons (Fsp3) is 0.286. The zero-order valence-corrected chi connectivity index (χ0v) is 20.1. The van der Waals surface area contributed by atoms with Crippen LogP contribution in [0.4, 0.5) is 14.5 Å². The van der Waals surface area contributed by atoms with Gasteiger partial charge in [0.2, 0.25) is 6.79 Å². The first-order valence-corrected chi connectivity index (χ1v) is 12.2. The molecule has 1 aliphatic carbocycles. The van der Waals surface area contributed by atoms with Crippen molar-refractivity contribution in [2.45, 2.75) is 44.3 Å². The van der Waals surface area contributed by atoms with Crippen LogP contribution >= 0.6 is 0 Å². The molecule has 1 saturated carbocycles. The van der Waals surface area contributed by atoms with Crippen LogP contribution in [0.2, 0.25) is 0 Å². The molecule has 9 heteroatoms.